The van der Waals surface area contributed by atoms with Crippen molar-refractivity contribution < 1.29 is 5.11 Å². The first-order chi connectivity index (χ1) is 6.40. The Morgan fingerprint density at radius 3 is 3.15 bits per heavy atom. The fourth-order valence-electron chi connectivity index (χ4n) is 1.18. The van der Waals surface area contributed by atoms with E-state index in [9.17, 15) is 0 Å². The van der Waals surface area contributed by atoms with Crippen molar-refractivity contribution in [2.24, 2.45) is 0 Å². The number of aromatic amines is 1. The van der Waals surface area contributed by atoms with Crippen LogP contribution in [-0.2, 0) is 6.42 Å². The highest BCUT2D eigenvalue weighted by Gasteiger charge is 2.01. The van der Waals surface area contributed by atoms with Crippen LogP contribution in [0.3, 0.4) is 0 Å². The number of aliphatic hydroxyl groups is 1. The molecule has 2 rings (SSSR count). The number of hydrogen-bond acceptors (Lipinski definition) is 4. The first-order valence-electron chi connectivity index (χ1n) is 4.15. The molecule has 0 saturated carbocycles. The Kier molecular flexibility index (Phi) is 2.18. The van der Waals surface area contributed by atoms with Gasteiger partial charge in [0.05, 0.1) is 6.20 Å². The Hall–Kier alpha value is -1.49. The molecular weight excluding hydrogens is 168 g/mol. The van der Waals surface area contributed by atoms with E-state index in [-0.39, 0.29) is 6.61 Å². The van der Waals surface area contributed by atoms with Crippen LogP contribution >= 0.6 is 0 Å². The van der Waals surface area contributed by atoms with E-state index in [1.54, 1.807) is 6.20 Å². The summed E-state index contributed by atoms with van der Waals surface area (Å²) in [5.41, 5.74) is 1.53. The lowest BCUT2D eigenvalue weighted by molar-refractivity contribution is 0.287. The lowest BCUT2D eigenvalue weighted by Gasteiger charge is -1.90. The summed E-state index contributed by atoms with van der Waals surface area (Å²) in [4.78, 5) is 15.2. The Morgan fingerprint density at radius 2 is 2.38 bits per heavy atom. The number of aryl methyl sites for hydroxylation is 1. The fraction of sp³-hybridized carbons (Fsp3) is 0.375. The lowest BCUT2D eigenvalue weighted by Crippen LogP contribution is -1.90. The largest absolute Gasteiger partial charge is 0.396 e. The maximum atomic E-state index is 8.63. The molecule has 0 fully saturated rings. The molecule has 2 N–H and O–H groups in total. The van der Waals surface area contributed by atoms with Crippen LogP contribution in [0.2, 0.25) is 0 Å². The van der Waals surface area contributed by atoms with E-state index in [4.69, 9.17) is 5.11 Å². The predicted octanol–water partition coefficient (Wildman–Crippen LogP) is 0.278. The van der Waals surface area contributed by atoms with E-state index in [0.717, 1.165) is 23.4 Å². The Morgan fingerprint density at radius 1 is 1.46 bits per heavy atom. The van der Waals surface area contributed by atoms with Crippen molar-refractivity contribution in [1.82, 2.24) is 19.9 Å². The van der Waals surface area contributed by atoms with Gasteiger partial charge in [-0.1, -0.05) is 0 Å². The van der Waals surface area contributed by atoms with Crippen LogP contribution in [0.5, 0.6) is 0 Å². The highest BCUT2D eigenvalue weighted by molar-refractivity contribution is 5.68. The van der Waals surface area contributed by atoms with Crippen molar-refractivity contribution in [2.45, 2.75) is 12.8 Å². The normalized spacial score (nSPS) is 10.8. The molecule has 2 heterocycles. The number of H-pyrrole nitrogens is 1. The first kappa shape index (κ1) is 8.12. The van der Waals surface area contributed by atoms with E-state index >= 15 is 0 Å². The van der Waals surface area contributed by atoms with Gasteiger partial charge < -0.3 is 10.1 Å². The molecule has 0 bridgehead atoms. The molecule has 0 spiro atoms. The number of rotatable bonds is 3. The van der Waals surface area contributed by atoms with Gasteiger partial charge in [-0.05, 0) is 6.42 Å². The highest BCUT2D eigenvalue weighted by atomic mass is 16.2. The van der Waals surface area contributed by atoms with Crippen molar-refractivity contribution in [3.05, 3.63) is 18.3 Å². The summed E-state index contributed by atoms with van der Waals surface area (Å²) in [7, 11) is 0. The quantitative estimate of drug-likeness (QED) is 0.707. The van der Waals surface area contributed by atoms with E-state index in [1.807, 2.05) is 0 Å². The number of aliphatic hydroxyl groups excluding tert-OH is 1. The van der Waals surface area contributed by atoms with Gasteiger partial charge in [0.1, 0.15) is 17.7 Å². The standard InChI is InChI=1S/C8H10N4O/c13-3-1-2-7-11-6-4-9-5-10-8(6)12-7/h4-5,13H,1-3H2,(H,9,10,11,12). The Bertz CT molecular complexity index is 365. The van der Waals surface area contributed by atoms with Crippen LogP contribution in [0, 0.1) is 0 Å². The van der Waals surface area contributed by atoms with Crippen molar-refractivity contribution in [3.8, 4) is 0 Å². The molecule has 2 aromatic rings. The molecule has 13 heavy (non-hydrogen) atoms. The molecule has 68 valence electrons. The number of fused-ring (bicyclic) bond motifs is 1. The number of nitrogens with one attached hydrogen (secondary N) is 1. The average molecular weight is 178 g/mol. The monoisotopic (exact) mass is 178 g/mol. The molecule has 0 aliphatic heterocycles. The molecule has 0 aromatic carbocycles. The SMILES string of the molecule is OCCCc1nc2cncnc2[nH]1. The molecule has 0 aliphatic rings. The summed E-state index contributed by atoms with van der Waals surface area (Å²) < 4.78 is 0. The van der Waals surface area contributed by atoms with E-state index in [2.05, 4.69) is 19.9 Å². The molecule has 0 atom stereocenters. The van der Waals surface area contributed by atoms with Crippen molar-refractivity contribution in [2.75, 3.05) is 6.61 Å². The van der Waals surface area contributed by atoms with E-state index < -0.39 is 0 Å². The Labute approximate surface area is 74.9 Å². The van der Waals surface area contributed by atoms with Gasteiger partial charge in [0.25, 0.3) is 0 Å². The van der Waals surface area contributed by atoms with Crippen LogP contribution in [0.15, 0.2) is 12.5 Å². The van der Waals surface area contributed by atoms with Crippen LogP contribution in [0.25, 0.3) is 11.2 Å². The van der Waals surface area contributed by atoms with Crippen LogP contribution in [0.1, 0.15) is 12.2 Å². The second kappa shape index (κ2) is 3.49. The summed E-state index contributed by atoms with van der Waals surface area (Å²) in [6.45, 7) is 0.183. The van der Waals surface area contributed by atoms with Gasteiger partial charge in [-0.15, -0.1) is 0 Å². The van der Waals surface area contributed by atoms with Crippen LogP contribution in [-0.4, -0.2) is 31.6 Å². The van der Waals surface area contributed by atoms with Gasteiger partial charge in [0.15, 0.2) is 5.65 Å². The molecular formula is C8H10N4O. The molecule has 5 heteroatoms. The van der Waals surface area contributed by atoms with Crippen molar-refractivity contribution in [1.29, 1.82) is 0 Å². The van der Waals surface area contributed by atoms with Crippen LogP contribution in [0.4, 0.5) is 0 Å². The number of imidazole rings is 1. The molecule has 0 amide bonds. The zero-order chi connectivity index (χ0) is 9.10. The summed E-state index contributed by atoms with van der Waals surface area (Å²) in [5.74, 6) is 0.851. The zero-order valence-electron chi connectivity index (χ0n) is 7.06. The fourth-order valence-corrected chi connectivity index (χ4v) is 1.18. The summed E-state index contributed by atoms with van der Waals surface area (Å²) in [6, 6.07) is 0. The highest BCUT2D eigenvalue weighted by Crippen LogP contribution is 2.06. The second-order valence-corrected chi connectivity index (χ2v) is 2.77. The van der Waals surface area contributed by atoms with Crippen molar-refractivity contribution >= 4 is 11.2 Å². The minimum Gasteiger partial charge on any atom is -0.396 e. The third-order valence-electron chi connectivity index (χ3n) is 1.78. The maximum absolute atomic E-state index is 8.63. The second-order valence-electron chi connectivity index (χ2n) is 2.77. The van der Waals surface area contributed by atoms with Crippen molar-refractivity contribution in [3.63, 3.8) is 0 Å². The third-order valence-corrected chi connectivity index (χ3v) is 1.78. The van der Waals surface area contributed by atoms with E-state index in [0.29, 0.717) is 6.42 Å². The van der Waals surface area contributed by atoms with Gasteiger partial charge in [-0.3, -0.25) is 0 Å². The van der Waals surface area contributed by atoms with Gasteiger partial charge >= 0.3 is 0 Å². The third kappa shape index (κ3) is 1.65. The molecule has 0 aliphatic carbocycles. The van der Waals surface area contributed by atoms with E-state index in [1.165, 1.54) is 6.33 Å². The molecule has 5 nitrogen and oxygen atoms in total. The average Bonchev–Trinajstić information content (AvgIpc) is 2.57. The molecule has 0 saturated heterocycles. The van der Waals surface area contributed by atoms with Gasteiger partial charge in [0, 0.05) is 13.0 Å². The van der Waals surface area contributed by atoms with Gasteiger partial charge in [0.2, 0.25) is 0 Å². The summed E-state index contributed by atoms with van der Waals surface area (Å²) in [5, 5.41) is 8.63. The maximum Gasteiger partial charge on any atom is 0.160 e. The minimum absolute atomic E-state index is 0.183. The smallest absolute Gasteiger partial charge is 0.160 e. The molecule has 0 unspecified atom stereocenters. The number of hydrogen-bond donors (Lipinski definition) is 2. The predicted molar refractivity (Wildman–Crippen MR) is 47.1 cm³/mol. The zero-order valence-corrected chi connectivity index (χ0v) is 7.06. The van der Waals surface area contributed by atoms with Gasteiger partial charge in [-0.25, -0.2) is 15.0 Å². The molecule has 2 aromatic heterocycles. The Balaban J connectivity index is 2.28. The molecule has 0 radical (unpaired) electrons. The number of aromatic nitrogens is 4. The first-order valence-corrected chi connectivity index (χ1v) is 4.15. The van der Waals surface area contributed by atoms with Gasteiger partial charge in [-0.2, -0.15) is 0 Å². The minimum atomic E-state index is 0.183. The van der Waals surface area contributed by atoms with Crippen LogP contribution < -0.4 is 0 Å². The number of nitrogens with zero attached hydrogens (tertiary/aromatic N) is 3. The summed E-state index contributed by atoms with van der Waals surface area (Å²) in [6.07, 6.45) is 4.61. The lowest BCUT2D eigenvalue weighted by atomic mass is 10.3. The summed E-state index contributed by atoms with van der Waals surface area (Å²) >= 11 is 0. The topological polar surface area (TPSA) is 74.7 Å².